The Kier molecular flexibility index (Phi) is 5.00. The molecule has 106 valence electrons. The smallest absolute Gasteiger partial charge is 0.158 e. The molecule has 20 heavy (non-hydrogen) atoms. The Bertz CT molecular complexity index is 608. The quantitative estimate of drug-likeness (QED) is 0.853. The van der Waals surface area contributed by atoms with Crippen LogP contribution in [0.4, 0.5) is 11.5 Å². The summed E-state index contributed by atoms with van der Waals surface area (Å²) in [5, 5.41) is 4.02. The molecule has 1 heterocycles. The number of aromatic nitrogens is 2. The van der Waals surface area contributed by atoms with Gasteiger partial charge in [0.25, 0.3) is 0 Å². The second-order valence-electron chi connectivity index (χ2n) is 3.89. The predicted octanol–water partition coefficient (Wildman–Crippen LogP) is 3.68. The summed E-state index contributed by atoms with van der Waals surface area (Å²) < 4.78 is 10.3. The number of anilines is 2. The predicted molar refractivity (Wildman–Crippen MR) is 79.0 cm³/mol. The van der Waals surface area contributed by atoms with Crippen molar-refractivity contribution in [3.63, 3.8) is 0 Å². The Morgan fingerprint density at radius 2 is 1.95 bits per heavy atom. The first-order chi connectivity index (χ1) is 9.62. The van der Waals surface area contributed by atoms with Gasteiger partial charge in [0.05, 0.1) is 12.8 Å². The summed E-state index contributed by atoms with van der Waals surface area (Å²) in [5.74, 6) is 1.68. The van der Waals surface area contributed by atoms with Crippen molar-refractivity contribution in [1.82, 2.24) is 9.97 Å². The third-order valence-electron chi connectivity index (χ3n) is 2.44. The first-order valence-electron chi connectivity index (χ1n) is 5.75. The average molecular weight is 314 g/mol. The second-order valence-corrected chi connectivity index (χ2v) is 4.72. The molecule has 0 unspecified atom stereocenters. The van der Waals surface area contributed by atoms with E-state index >= 15 is 0 Å². The standard InChI is InChI=1S/C13H13Cl2N3O2/c1-19-7-13-17-11(15)6-12(18-13)16-9-5-8(14)3-4-10(9)20-2/h3-6H,7H2,1-2H3,(H,16,17,18). The Morgan fingerprint density at radius 3 is 2.65 bits per heavy atom. The molecule has 1 aromatic heterocycles. The highest BCUT2D eigenvalue weighted by Gasteiger charge is 2.08. The van der Waals surface area contributed by atoms with E-state index in [0.29, 0.717) is 33.3 Å². The minimum atomic E-state index is 0.280. The van der Waals surface area contributed by atoms with Crippen LogP contribution in [0, 0.1) is 0 Å². The number of rotatable bonds is 5. The fourth-order valence-electron chi connectivity index (χ4n) is 1.64. The first-order valence-corrected chi connectivity index (χ1v) is 6.51. The van der Waals surface area contributed by atoms with Crippen LogP contribution >= 0.6 is 23.2 Å². The number of nitrogens with one attached hydrogen (secondary N) is 1. The summed E-state index contributed by atoms with van der Waals surface area (Å²) in [6.07, 6.45) is 0. The lowest BCUT2D eigenvalue weighted by molar-refractivity contribution is 0.178. The van der Waals surface area contributed by atoms with E-state index < -0.39 is 0 Å². The SMILES string of the molecule is COCc1nc(Cl)cc(Nc2cc(Cl)ccc2OC)n1. The lowest BCUT2D eigenvalue weighted by Crippen LogP contribution is -2.02. The average Bonchev–Trinajstić information content (AvgIpc) is 2.38. The molecule has 2 aromatic rings. The van der Waals surface area contributed by atoms with Crippen molar-refractivity contribution in [2.45, 2.75) is 6.61 Å². The van der Waals surface area contributed by atoms with E-state index in [1.54, 1.807) is 38.5 Å². The Hall–Kier alpha value is -1.56. The minimum absolute atomic E-state index is 0.280. The molecule has 5 nitrogen and oxygen atoms in total. The Balaban J connectivity index is 2.31. The van der Waals surface area contributed by atoms with E-state index in [9.17, 15) is 0 Å². The van der Waals surface area contributed by atoms with E-state index in [2.05, 4.69) is 15.3 Å². The van der Waals surface area contributed by atoms with Crippen molar-refractivity contribution in [2.24, 2.45) is 0 Å². The third kappa shape index (κ3) is 3.72. The van der Waals surface area contributed by atoms with Gasteiger partial charge in [0.1, 0.15) is 23.3 Å². The molecule has 0 aliphatic heterocycles. The molecular weight excluding hydrogens is 301 g/mol. The van der Waals surface area contributed by atoms with Gasteiger partial charge < -0.3 is 14.8 Å². The van der Waals surface area contributed by atoms with Gasteiger partial charge in [-0.15, -0.1) is 0 Å². The highest BCUT2D eigenvalue weighted by atomic mass is 35.5. The number of hydrogen-bond acceptors (Lipinski definition) is 5. The van der Waals surface area contributed by atoms with E-state index in [1.165, 1.54) is 0 Å². The molecule has 0 amide bonds. The van der Waals surface area contributed by atoms with Crippen LogP contribution in [0.1, 0.15) is 5.82 Å². The number of benzene rings is 1. The topological polar surface area (TPSA) is 56.3 Å². The van der Waals surface area contributed by atoms with Crippen LogP contribution < -0.4 is 10.1 Å². The van der Waals surface area contributed by atoms with Crippen LogP contribution in [0.5, 0.6) is 5.75 Å². The van der Waals surface area contributed by atoms with Crippen LogP contribution in [0.2, 0.25) is 10.2 Å². The monoisotopic (exact) mass is 313 g/mol. The van der Waals surface area contributed by atoms with Gasteiger partial charge in [-0.25, -0.2) is 9.97 Å². The molecule has 0 saturated heterocycles. The van der Waals surface area contributed by atoms with Gasteiger partial charge in [-0.3, -0.25) is 0 Å². The maximum Gasteiger partial charge on any atom is 0.158 e. The van der Waals surface area contributed by atoms with E-state index in [4.69, 9.17) is 32.7 Å². The van der Waals surface area contributed by atoms with Crippen molar-refractivity contribution in [3.8, 4) is 5.75 Å². The number of nitrogens with zero attached hydrogens (tertiary/aromatic N) is 2. The molecule has 0 atom stereocenters. The molecule has 0 saturated carbocycles. The summed E-state index contributed by atoms with van der Waals surface area (Å²) in [4.78, 5) is 8.35. The fourth-order valence-corrected chi connectivity index (χ4v) is 2.01. The zero-order valence-electron chi connectivity index (χ0n) is 11.0. The number of hydrogen-bond donors (Lipinski definition) is 1. The number of methoxy groups -OCH3 is 2. The maximum atomic E-state index is 5.98. The molecule has 1 N–H and O–H groups in total. The lowest BCUT2D eigenvalue weighted by Gasteiger charge is -2.11. The largest absolute Gasteiger partial charge is 0.495 e. The minimum Gasteiger partial charge on any atom is -0.495 e. The van der Waals surface area contributed by atoms with Gasteiger partial charge in [0.15, 0.2) is 5.82 Å². The Morgan fingerprint density at radius 1 is 1.15 bits per heavy atom. The van der Waals surface area contributed by atoms with Gasteiger partial charge in [-0.1, -0.05) is 23.2 Å². The molecule has 0 fully saturated rings. The van der Waals surface area contributed by atoms with Gasteiger partial charge >= 0.3 is 0 Å². The second kappa shape index (κ2) is 6.74. The Labute approximate surface area is 126 Å². The molecular formula is C13H13Cl2N3O2. The normalized spacial score (nSPS) is 10.4. The summed E-state index contributed by atoms with van der Waals surface area (Å²) in [6, 6.07) is 6.87. The highest BCUT2D eigenvalue weighted by molar-refractivity contribution is 6.31. The summed E-state index contributed by atoms with van der Waals surface area (Å²) in [7, 11) is 3.15. The van der Waals surface area contributed by atoms with Gasteiger partial charge in [-0.05, 0) is 18.2 Å². The van der Waals surface area contributed by atoms with Gasteiger partial charge in [0, 0.05) is 18.2 Å². The van der Waals surface area contributed by atoms with Crippen molar-refractivity contribution < 1.29 is 9.47 Å². The summed E-state index contributed by atoms with van der Waals surface area (Å²) in [5.41, 5.74) is 0.693. The van der Waals surface area contributed by atoms with Crippen molar-refractivity contribution in [1.29, 1.82) is 0 Å². The number of ether oxygens (including phenoxy) is 2. The maximum absolute atomic E-state index is 5.98. The van der Waals surface area contributed by atoms with Crippen molar-refractivity contribution in [2.75, 3.05) is 19.5 Å². The van der Waals surface area contributed by atoms with Gasteiger partial charge in [0.2, 0.25) is 0 Å². The zero-order chi connectivity index (χ0) is 14.5. The third-order valence-corrected chi connectivity index (χ3v) is 2.87. The summed E-state index contributed by atoms with van der Waals surface area (Å²) in [6.45, 7) is 0.280. The molecule has 2 rings (SSSR count). The van der Waals surface area contributed by atoms with Crippen LogP contribution in [0.15, 0.2) is 24.3 Å². The molecule has 0 radical (unpaired) electrons. The summed E-state index contributed by atoms with van der Waals surface area (Å²) >= 11 is 11.9. The van der Waals surface area contributed by atoms with Crippen LogP contribution in [0.3, 0.4) is 0 Å². The van der Waals surface area contributed by atoms with Crippen LogP contribution in [-0.2, 0) is 11.3 Å². The number of halogens is 2. The zero-order valence-corrected chi connectivity index (χ0v) is 12.5. The molecule has 0 bridgehead atoms. The van der Waals surface area contributed by atoms with Crippen molar-refractivity contribution in [3.05, 3.63) is 40.3 Å². The van der Waals surface area contributed by atoms with Gasteiger partial charge in [-0.2, -0.15) is 0 Å². The molecule has 1 aromatic carbocycles. The van der Waals surface area contributed by atoms with E-state index in [1.807, 2.05) is 0 Å². The molecule has 7 heteroatoms. The van der Waals surface area contributed by atoms with Crippen LogP contribution in [0.25, 0.3) is 0 Å². The molecule has 0 aliphatic carbocycles. The van der Waals surface area contributed by atoms with Crippen LogP contribution in [-0.4, -0.2) is 24.2 Å². The molecule has 0 spiro atoms. The first kappa shape index (κ1) is 14.8. The van der Waals surface area contributed by atoms with E-state index in [0.717, 1.165) is 0 Å². The fraction of sp³-hybridized carbons (Fsp3) is 0.231. The highest BCUT2D eigenvalue weighted by Crippen LogP contribution is 2.30. The molecule has 0 aliphatic rings. The van der Waals surface area contributed by atoms with Crippen molar-refractivity contribution >= 4 is 34.7 Å². The van der Waals surface area contributed by atoms with E-state index in [-0.39, 0.29) is 6.61 Å². The lowest BCUT2D eigenvalue weighted by atomic mass is 10.3.